The van der Waals surface area contributed by atoms with Crippen LogP contribution in [0.1, 0.15) is 17.2 Å². The van der Waals surface area contributed by atoms with Crippen LogP contribution in [0, 0.1) is 0 Å². The summed E-state index contributed by atoms with van der Waals surface area (Å²) < 4.78 is 12.8. The molecule has 0 bridgehead atoms. The number of rotatable bonds is 3. The molecule has 2 aromatic rings. The van der Waals surface area contributed by atoms with Gasteiger partial charge < -0.3 is 19.8 Å². The maximum atomic E-state index is 6.35. The van der Waals surface area contributed by atoms with Gasteiger partial charge in [0.25, 0.3) is 0 Å². The van der Waals surface area contributed by atoms with Crippen LogP contribution in [0.15, 0.2) is 24.7 Å². The predicted molar refractivity (Wildman–Crippen MR) is 86.8 cm³/mol. The summed E-state index contributed by atoms with van der Waals surface area (Å²) in [5, 5.41) is 0.599. The lowest BCUT2D eigenvalue weighted by molar-refractivity contribution is 0.174. The molecule has 0 saturated carbocycles. The third kappa shape index (κ3) is 2.67. The van der Waals surface area contributed by atoms with E-state index in [0.29, 0.717) is 16.7 Å². The molecule has 0 unspecified atom stereocenters. The van der Waals surface area contributed by atoms with Crippen LogP contribution in [0.2, 0.25) is 5.02 Å². The third-order valence-electron chi connectivity index (χ3n) is 4.57. The highest BCUT2D eigenvalue weighted by Gasteiger charge is 2.33. The molecule has 2 atom stereocenters. The Hall–Kier alpha value is -1.76. The maximum Gasteiger partial charge on any atom is 0.231 e. The van der Waals surface area contributed by atoms with Crippen molar-refractivity contribution in [3.05, 3.63) is 40.9 Å². The molecule has 6 nitrogen and oxygen atoms in total. The maximum absolute atomic E-state index is 6.35. The van der Waals surface area contributed by atoms with E-state index in [1.54, 1.807) is 0 Å². The number of hydrogen-bond acceptors (Lipinski definition) is 5. The van der Waals surface area contributed by atoms with E-state index >= 15 is 0 Å². The van der Waals surface area contributed by atoms with Crippen molar-refractivity contribution in [2.45, 2.75) is 18.5 Å². The smallest absolute Gasteiger partial charge is 0.231 e. The summed E-state index contributed by atoms with van der Waals surface area (Å²) in [4.78, 5) is 6.55. The molecular weight excluding hydrogens is 316 g/mol. The van der Waals surface area contributed by atoms with Crippen LogP contribution < -0.4 is 15.2 Å². The minimum atomic E-state index is 0.106. The summed E-state index contributed by atoms with van der Waals surface area (Å²) in [5.41, 5.74) is 8.64. The molecule has 23 heavy (non-hydrogen) atoms. The summed E-state index contributed by atoms with van der Waals surface area (Å²) >= 11 is 6.26. The largest absolute Gasteiger partial charge is 0.454 e. The lowest BCUT2D eigenvalue weighted by Gasteiger charge is -2.16. The first-order valence-corrected chi connectivity index (χ1v) is 8.02. The molecule has 1 aromatic heterocycles. The van der Waals surface area contributed by atoms with Crippen molar-refractivity contribution in [1.82, 2.24) is 14.5 Å². The first-order chi connectivity index (χ1) is 11.1. The second-order valence-electron chi connectivity index (χ2n) is 6.21. The summed E-state index contributed by atoms with van der Waals surface area (Å²) in [6.07, 6.45) is 3.73. The zero-order valence-corrected chi connectivity index (χ0v) is 13.7. The number of hydrogen-bond donors (Lipinski definition) is 1. The lowest BCUT2D eigenvalue weighted by Crippen LogP contribution is -2.29. The minimum absolute atomic E-state index is 0.106. The minimum Gasteiger partial charge on any atom is -0.454 e. The fourth-order valence-corrected chi connectivity index (χ4v) is 3.74. The molecule has 3 heterocycles. The first kappa shape index (κ1) is 14.8. The van der Waals surface area contributed by atoms with Crippen molar-refractivity contribution in [2.24, 2.45) is 12.8 Å². The highest BCUT2D eigenvalue weighted by molar-refractivity contribution is 6.32. The molecular formula is C16H19ClN4O2. The topological polar surface area (TPSA) is 65.5 Å². The van der Waals surface area contributed by atoms with Gasteiger partial charge in [0.2, 0.25) is 6.79 Å². The van der Waals surface area contributed by atoms with Crippen LogP contribution in [0.3, 0.4) is 0 Å². The Bertz CT molecular complexity index is 733. The summed E-state index contributed by atoms with van der Waals surface area (Å²) in [6, 6.07) is 4.05. The fourth-order valence-electron chi connectivity index (χ4n) is 3.45. The lowest BCUT2D eigenvalue weighted by atomic mass is 10.0. The average molecular weight is 335 g/mol. The van der Waals surface area contributed by atoms with Gasteiger partial charge in [-0.15, -0.1) is 0 Å². The van der Waals surface area contributed by atoms with E-state index < -0.39 is 0 Å². The van der Waals surface area contributed by atoms with Crippen molar-refractivity contribution in [3.8, 4) is 11.5 Å². The Morgan fingerprint density at radius 1 is 1.35 bits per heavy atom. The molecule has 2 aliphatic heterocycles. The number of nitrogens with zero attached hydrogens (tertiary/aromatic N) is 3. The second-order valence-corrected chi connectivity index (χ2v) is 6.61. The molecule has 0 radical (unpaired) electrons. The number of ether oxygens (including phenoxy) is 2. The molecule has 2 aliphatic rings. The van der Waals surface area contributed by atoms with Crippen molar-refractivity contribution < 1.29 is 9.47 Å². The van der Waals surface area contributed by atoms with Crippen molar-refractivity contribution in [1.29, 1.82) is 0 Å². The van der Waals surface area contributed by atoms with E-state index in [4.69, 9.17) is 26.8 Å². The van der Waals surface area contributed by atoms with E-state index in [0.717, 1.165) is 30.9 Å². The van der Waals surface area contributed by atoms with Crippen molar-refractivity contribution >= 4 is 11.6 Å². The summed E-state index contributed by atoms with van der Waals surface area (Å²) in [5.74, 6) is 1.66. The van der Waals surface area contributed by atoms with Crippen LogP contribution in [-0.4, -0.2) is 40.4 Å². The molecule has 0 spiro atoms. The van der Waals surface area contributed by atoms with Crippen LogP contribution in [-0.2, 0) is 13.6 Å². The van der Waals surface area contributed by atoms with Gasteiger partial charge in [-0.05, 0) is 17.7 Å². The van der Waals surface area contributed by atoms with E-state index in [2.05, 4.69) is 9.88 Å². The molecule has 0 aliphatic carbocycles. The van der Waals surface area contributed by atoms with Crippen LogP contribution >= 0.6 is 11.6 Å². The van der Waals surface area contributed by atoms with Crippen LogP contribution in [0.5, 0.6) is 11.5 Å². The number of nitrogens with two attached hydrogens (primary N) is 1. The molecule has 1 fully saturated rings. The zero-order chi connectivity index (χ0) is 16.0. The Kier molecular flexibility index (Phi) is 3.67. The second kappa shape index (κ2) is 5.70. The zero-order valence-electron chi connectivity index (χ0n) is 12.9. The van der Waals surface area contributed by atoms with Gasteiger partial charge in [0.1, 0.15) is 0 Å². The van der Waals surface area contributed by atoms with Gasteiger partial charge in [-0.3, -0.25) is 4.90 Å². The first-order valence-electron chi connectivity index (χ1n) is 7.64. The van der Waals surface area contributed by atoms with Gasteiger partial charge in [0.05, 0.1) is 11.3 Å². The molecule has 122 valence electrons. The highest BCUT2D eigenvalue weighted by atomic mass is 35.5. The number of benzene rings is 1. The number of halogens is 1. The Labute approximate surface area is 139 Å². The summed E-state index contributed by atoms with van der Waals surface area (Å²) in [7, 11) is 2.01. The van der Waals surface area contributed by atoms with E-state index in [1.165, 1.54) is 5.69 Å². The Morgan fingerprint density at radius 3 is 3.00 bits per heavy atom. The third-order valence-corrected chi connectivity index (χ3v) is 4.85. The van der Waals surface area contributed by atoms with Gasteiger partial charge in [-0.1, -0.05) is 11.6 Å². The number of aryl methyl sites for hydroxylation is 1. The fraction of sp³-hybridized carbons (Fsp3) is 0.438. The van der Waals surface area contributed by atoms with Gasteiger partial charge in [-0.2, -0.15) is 0 Å². The van der Waals surface area contributed by atoms with Gasteiger partial charge in [0.15, 0.2) is 11.5 Å². The monoisotopic (exact) mass is 334 g/mol. The Balaban J connectivity index is 1.50. The molecule has 1 saturated heterocycles. The molecule has 2 N–H and O–H groups in total. The van der Waals surface area contributed by atoms with E-state index in [9.17, 15) is 0 Å². The average Bonchev–Trinajstić information content (AvgIpc) is 3.19. The van der Waals surface area contributed by atoms with Crippen LogP contribution in [0.25, 0.3) is 0 Å². The van der Waals surface area contributed by atoms with Gasteiger partial charge >= 0.3 is 0 Å². The number of imidazole rings is 1. The van der Waals surface area contributed by atoms with Gasteiger partial charge in [0, 0.05) is 50.5 Å². The summed E-state index contributed by atoms with van der Waals surface area (Å²) in [6.45, 7) is 2.78. The van der Waals surface area contributed by atoms with Crippen LogP contribution in [0.4, 0.5) is 0 Å². The number of aromatic nitrogens is 2. The van der Waals surface area contributed by atoms with E-state index in [1.807, 2.05) is 36.3 Å². The van der Waals surface area contributed by atoms with E-state index in [-0.39, 0.29) is 12.8 Å². The molecule has 0 amide bonds. The molecule has 4 rings (SSSR count). The SMILES string of the molecule is Cn1cncc1[C@@H]1CN(Cc2cc(Cl)c3c(c2)OCO3)C[C@H]1N. The Morgan fingerprint density at radius 2 is 2.22 bits per heavy atom. The van der Waals surface area contributed by atoms with Crippen molar-refractivity contribution in [2.75, 3.05) is 19.9 Å². The highest BCUT2D eigenvalue weighted by Crippen LogP contribution is 2.40. The number of fused-ring (bicyclic) bond motifs is 1. The quantitative estimate of drug-likeness (QED) is 0.926. The normalized spacial score (nSPS) is 23.6. The molecule has 1 aromatic carbocycles. The van der Waals surface area contributed by atoms with Crippen molar-refractivity contribution in [3.63, 3.8) is 0 Å². The molecule has 7 heteroatoms. The number of likely N-dealkylation sites (tertiary alicyclic amines) is 1. The standard InChI is InChI=1S/C16H19ClN4O2/c1-20-8-19-4-14(20)11-6-21(7-13(11)18)5-10-2-12(17)16-15(3-10)22-9-23-16/h2-4,8,11,13H,5-7,9,18H2,1H3/t11-,13-/m1/s1. The predicted octanol–water partition coefficient (Wildman–Crippen LogP) is 1.73. The van der Waals surface area contributed by atoms with Gasteiger partial charge in [-0.25, -0.2) is 4.98 Å².